The average Bonchev–Trinajstić information content (AvgIpc) is 2.80. The van der Waals surface area contributed by atoms with Gasteiger partial charge in [0.2, 0.25) is 11.8 Å². The number of rotatable bonds is 4. The number of hydrogen-bond acceptors (Lipinski definition) is 4. The minimum atomic E-state index is -0.328. The molecule has 4 rings (SSSR count). The Kier molecular flexibility index (Phi) is 6.06. The Morgan fingerprint density at radius 2 is 1.90 bits per heavy atom. The third-order valence-corrected chi connectivity index (χ3v) is 5.54. The fourth-order valence-corrected chi connectivity index (χ4v) is 3.85. The first-order valence-electron chi connectivity index (χ1n) is 10.3. The monoisotopic (exact) mass is 422 g/mol. The summed E-state index contributed by atoms with van der Waals surface area (Å²) in [7, 11) is 0. The van der Waals surface area contributed by atoms with Gasteiger partial charge >= 0.3 is 0 Å². The van der Waals surface area contributed by atoms with Gasteiger partial charge in [-0.3, -0.25) is 14.4 Å². The summed E-state index contributed by atoms with van der Waals surface area (Å²) in [6.07, 6.45) is 1.97. The molecule has 2 aliphatic rings. The molecule has 0 radical (unpaired) electrons. The lowest BCUT2D eigenvalue weighted by molar-refractivity contribution is -0.128. The Labute approximate surface area is 179 Å². The zero-order valence-corrected chi connectivity index (χ0v) is 16.9. The van der Waals surface area contributed by atoms with Crippen molar-refractivity contribution in [3.05, 3.63) is 54.3 Å². The van der Waals surface area contributed by atoms with E-state index in [1.54, 1.807) is 23.1 Å². The summed E-state index contributed by atoms with van der Waals surface area (Å²) in [4.78, 5) is 38.4. The zero-order chi connectivity index (χ0) is 21.8. The van der Waals surface area contributed by atoms with Crippen LogP contribution in [-0.2, 0) is 14.4 Å². The normalized spacial score (nSPS) is 18.7. The minimum absolute atomic E-state index is 0.146. The molecule has 0 bridgehead atoms. The first kappa shape index (κ1) is 20.7. The predicted molar refractivity (Wildman–Crippen MR) is 115 cm³/mol. The highest BCUT2D eigenvalue weighted by atomic mass is 19.1. The number of piperidine rings is 1. The lowest BCUT2D eigenvalue weighted by atomic mass is 9.96. The standard InChI is InChI=1S/C23H23FN4O3/c24-18-8-6-15(7-9-18)16-3-1-5-19(13-16)25-22(30)17-4-2-12-28(14-17)23(31)20-10-11-21(29)27-26-20/h1,3,5-9,13,17H,2,4,10-12,14H2,(H,25,30)(H,27,29)/t17-/m0/s1. The third-order valence-electron chi connectivity index (χ3n) is 5.54. The first-order valence-corrected chi connectivity index (χ1v) is 10.3. The molecular weight excluding hydrogens is 399 g/mol. The van der Waals surface area contributed by atoms with E-state index in [1.165, 1.54) is 12.1 Å². The number of halogens is 1. The largest absolute Gasteiger partial charge is 0.337 e. The van der Waals surface area contributed by atoms with Crippen LogP contribution in [0.2, 0.25) is 0 Å². The molecule has 0 unspecified atom stereocenters. The number of carbonyl (C=O) groups excluding carboxylic acids is 3. The molecule has 1 atom stereocenters. The maximum Gasteiger partial charge on any atom is 0.270 e. The molecule has 3 amide bonds. The molecule has 2 aliphatic heterocycles. The Hall–Kier alpha value is -3.55. The van der Waals surface area contributed by atoms with Crippen molar-refractivity contribution >= 4 is 29.1 Å². The molecule has 160 valence electrons. The van der Waals surface area contributed by atoms with Gasteiger partial charge in [-0.25, -0.2) is 9.82 Å². The average molecular weight is 422 g/mol. The third kappa shape index (κ3) is 4.96. The number of amides is 3. The number of benzene rings is 2. The predicted octanol–water partition coefficient (Wildman–Crippen LogP) is 2.94. The molecule has 7 nitrogen and oxygen atoms in total. The van der Waals surface area contributed by atoms with E-state index in [0.717, 1.165) is 17.5 Å². The summed E-state index contributed by atoms with van der Waals surface area (Å²) in [5.74, 6) is -1.20. The summed E-state index contributed by atoms with van der Waals surface area (Å²) in [6.45, 7) is 0.880. The van der Waals surface area contributed by atoms with Gasteiger partial charge in [-0.1, -0.05) is 24.3 Å². The van der Waals surface area contributed by atoms with E-state index in [9.17, 15) is 18.8 Å². The summed E-state index contributed by atoms with van der Waals surface area (Å²) in [6, 6.07) is 13.6. The van der Waals surface area contributed by atoms with Gasteiger partial charge in [0.15, 0.2) is 0 Å². The molecule has 1 saturated heterocycles. The van der Waals surface area contributed by atoms with E-state index < -0.39 is 0 Å². The Bertz CT molecular complexity index is 1040. The molecule has 0 aromatic heterocycles. The van der Waals surface area contributed by atoms with Crippen LogP contribution in [0.15, 0.2) is 53.6 Å². The SMILES string of the molecule is O=C1CCC(C(=O)N2CCC[C@H](C(=O)Nc3cccc(-c4ccc(F)cc4)c3)C2)=NN1. The fraction of sp³-hybridized carbons (Fsp3) is 0.304. The van der Waals surface area contributed by atoms with Crippen LogP contribution in [0.5, 0.6) is 0 Å². The van der Waals surface area contributed by atoms with Crippen LogP contribution in [0.3, 0.4) is 0 Å². The van der Waals surface area contributed by atoms with Gasteiger partial charge in [0.05, 0.1) is 5.92 Å². The second kappa shape index (κ2) is 9.07. The molecular formula is C23H23FN4O3. The first-order chi connectivity index (χ1) is 15.0. The minimum Gasteiger partial charge on any atom is -0.337 e. The van der Waals surface area contributed by atoms with E-state index >= 15 is 0 Å². The second-order valence-corrected chi connectivity index (χ2v) is 7.76. The lowest BCUT2D eigenvalue weighted by Crippen LogP contribution is -2.47. The molecule has 2 heterocycles. The van der Waals surface area contributed by atoms with Crippen LogP contribution in [-0.4, -0.2) is 41.4 Å². The van der Waals surface area contributed by atoms with Gasteiger partial charge in [-0.15, -0.1) is 0 Å². The van der Waals surface area contributed by atoms with Crippen molar-refractivity contribution in [2.45, 2.75) is 25.7 Å². The van der Waals surface area contributed by atoms with E-state index in [0.29, 0.717) is 37.3 Å². The van der Waals surface area contributed by atoms with Gasteiger partial charge in [0.1, 0.15) is 11.5 Å². The van der Waals surface area contributed by atoms with E-state index in [2.05, 4.69) is 15.8 Å². The van der Waals surface area contributed by atoms with Crippen molar-refractivity contribution in [3.8, 4) is 11.1 Å². The molecule has 2 aromatic carbocycles. The van der Waals surface area contributed by atoms with Gasteiger partial charge < -0.3 is 10.2 Å². The summed E-state index contributed by atoms with van der Waals surface area (Å²) in [5.41, 5.74) is 5.04. The molecule has 1 fully saturated rings. The number of anilines is 1. The Morgan fingerprint density at radius 3 is 2.65 bits per heavy atom. The van der Waals surface area contributed by atoms with Crippen molar-refractivity contribution in [3.63, 3.8) is 0 Å². The van der Waals surface area contributed by atoms with E-state index in [1.807, 2.05) is 18.2 Å². The van der Waals surface area contributed by atoms with Crippen molar-refractivity contribution in [2.24, 2.45) is 11.0 Å². The number of carbonyl (C=O) groups is 3. The number of hydrogen-bond donors (Lipinski definition) is 2. The quantitative estimate of drug-likeness (QED) is 0.794. The number of hydrazone groups is 1. The second-order valence-electron chi connectivity index (χ2n) is 7.76. The van der Waals surface area contributed by atoms with Crippen molar-refractivity contribution < 1.29 is 18.8 Å². The van der Waals surface area contributed by atoms with Gasteiger partial charge in [-0.2, -0.15) is 5.10 Å². The topological polar surface area (TPSA) is 90.9 Å². The maximum atomic E-state index is 13.2. The maximum absolute atomic E-state index is 13.2. The van der Waals surface area contributed by atoms with Crippen LogP contribution in [0, 0.1) is 11.7 Å². The summed E-state index contributed by atoms with van der Waals surface area (Å²) >= 11 is 0. The Balaban J connectivity index is 1.40. The van der Waals surface area contributed by atoms with Crippen LogP contribution in [0.4, 0.5) is 10.1 Å². The van der Waals surface area contributed by atoms with Crippen molar-refractivity contribution in [1.82, 2.24) is 10.3 Å². The molecule has 2 aromatic rings. The van der Waals surface area contributed by atoms with Crippen molar-refractivity contribution in [2.75, 3.05) is 18.4 Å². The zero-order valence-electron chi connectivity index (χ0n) is 16.9. The molecule has 0 spiro atoms. The highest BCUT2D eigenvalue weighted by molar-refractivity contribution is 6.39. The number of nitrogens with one attached hydrogen (secondary N) is 2. The lowest BCUT2D eigenvalue weighted by Gasteiger charge is -2.32. The Morgan fingerprint density at radius 1 is 1.10 bits per heavy atom. The van der Waals surface area contributed by atoms with Gasteiger partial charge in [0.25, 0.3) is 5.91 Å². The molecule has 0 saturated carbocycles. The molecule has 0 aliphatic carbocycles. The highest BCUT2D eigenvalue weighted by Gasteiger charge is 2.31. The van der Waals surface area contributed by atoms with Crippen LogP contribution < -0.4 is 10.7 Å². The van der Waals surface area contributed by atoms with Gasteiger partial charge in [0, 0.05) is 31.6 Å². The highest BCUT2D eigenvalue weighted by Crippen LogP contribution is 2.24. The number of likely N-dealkylation sites (tertiary alicyclic amines) is 1. The summed E-state index contributed by atoms with van der Waals surface area (Å²) < 4.78 is 13.2. The number of nitrogens with zero attached hydrogens (tertiary/aromatic N) is 2. The van der Waals surface area contributed by atoms with Crippen LogP contribution in [0.1, 0.15) is 25.7 Å². The van der Waals surface area contributed by atoms with Crippen LogP contribution in [0.25, 0.3) is 11.1 Å². The fourth-order valence-electron chi connectivity index (χ4n) is 3.85. The van der Waals surface area contributed by atoms with E-state index in [4.69, 9.17) is 0 Å². The molecule has 2 N–H and O–H groups in total. The smallest absolute Gasteiger partial charge is 0.270 e. The van der Waals surface area contributed by atoms with Crippen molar-refractivity contribution in [1.29, 1.82) is 0 Å². The van der Waals surface area contributed by atoms with Crippen LogP contribution >= 0.6 is 0 Å². The van der Waals surface area contributed by atoms with E-state index in [-0.39, 0.29) is 35.9 Å². The van der Waals surface area contributed by atoms with Gasteiger partial charge in [-0.05, 0) is 48.2 Å². The molecule has 8 heteroatoms. The summed E-state index contributed by atoms with van der Waals surface area (Å²) in [5, 5.41) is 6.81. The molecule has 31 heavy (non-hydrogen) atoms.